The molecule has 0 aliphatic carbocycles. The molecule has 9 heteroatoms. The van der Waals surface area contributed by atoms with Crippen LogP contribution < -0.4 is 14.4 Å². The minimum atomic E-state index is -1.39. The molecule has 3 rings (SSSR count). The average Bonchev–Trinajstić information content (AvgIpc) is 3.13. The molecule has 8 nitrogen and oxygen atoms in total. The minimum Gasteiger partial charge on any atom is -0.493 e. The number of methoxy groups -OCH3 is 2. The van der Waals surface area contributed by atoms with Gasteiger partial charge in [-0.2, -0.15) is 0 Å². The molecular weight excluding hydrogens is 392 g/mol. The summed E-state index contributed by atoms with van der Waals surface area (Å²) in [5, 5.41) is 11.1. The van der Waals surface area contributed by atoms with Crippen LogP contribution in [0.4, 0.5) is 10.5 Å². The standard InChI is InChI=1S/C20H30N2O6Si/c1-26-16-11-13-15(12-17(16)27-2)22(20(25)28-9-10-29(3,4)5)19(24)14-7-6-8-21(14)18(13)23/h11-12,14,19,24H,6-10H2,1-5H3/t14-,19-/m0/s1. The lowest BCUT2D eigenvalue weighted by Crippen LogP contribution is -2.51. The number of rotatable bonds is 5. The first-order valence-electron chi connectivity index (χ1n) is 9.89. The monoisotopic (exact) mass is 422 g/mol. The number of nitrogens with zero attached hydrogens (tertiary/aromatic N) is 2. The van der Waals surface area contributed by atoms with Gasteiger partial charge in [0.05, 0.1) is 38.1 Å². The van der Waals surface area contributed by atoms with Gasteiger partial charge in [-0.1, -0.05) is 19.6 Å². The summed E-state index contributed by atoms with van der Waals surface area (Å²) < 4.78 is 16.2. The molecule has 0 aromatic heterocycles. The fourth-order valence-electron chi connectivity index (χ4n) is 3.78. The molecule has 0 bridgehead atoms. The molecule has 0 unspecified atom stereocenters. The quantitative estimate of drug-likeness (QED) is 0.734. The van der Waals surface area contributed by atoms with Crippen molar-refractivity contribution in [2.24, 2.45) is 0 Å². The molecule has 160 valence electrons. The molecule has 0 spiro atoms. The van der Waals surface area contributed by atoms with Gasteiger partial charge in [0.25, 0.3) is 5.91 Å². The lowest BCUT2D eigenvalue weighted by molar-refractivity contribution is 0.0493. The van der Waals surface area contributed by atoms with Crippen LogP contribution in [0.1, 0.15) is 23.2 Å². The largest absolute Gasteiger partial charge is 0.493 e. The van der Waals surface area contributed by atoms with E-state index in [4.69, 9.17) is 14.2 Å². The molecular formula is C20H30N2O6Si. The number of fused-ring (bicyclic) bond motifs is 2. The second-order valence-corrected chi connectivity index (χ2v) is 14.3. The van der Waals surface area contributed by atoms with Crippen molar-refractivity contribution in [3.8, 4) is 11.5 Å². The number of benzene rings is 1. The topological polar surface area (TPSA) is 88.5 Å². The smallest absolute Gasteiger partial charge is 0.416 e. The number of carbonyl (C=O) groups excluding carboxylic acids is 2. The Morgan fingerprint density at radius 1 is 1.21 bits per heavy atom. The van der Waals surface area contributed by atoms with E-state index in [9.17, 15) is 14.7 Å². The van der Waals surface area contributed by atoms with E-state index in [0.29, 0.717) is 24.5 Å². The van der Waals surface area contributed by atoms with Crippen LogP contribution in [0.25, 0.3) is 0 Å². The maximum Gasteiger partial charge on any atom is 0.416 e. The highest BCUT2D eigenvalue weighted by Crippen LogP contribution is 2.41. The Morgan fingerprint density at radius 2 is 1.86 bits per heavy atom. The molecule has 1 aromatic carbocycles. The van der Waals surface area contributed by atoms with Crippen molar-refractivity contribution in [1.29, 1.82) is 0 Å². The van der Waals surface area contributed by atoms with Crippen LogP contribution in [0, 0.1) is 0 Å². The molecule has 2 amide bonds. The number of anilines is 1. The van der Waals surface area contributed by atoms with Crippen molar-refractivity contribution < 1.29 is 28.9 Å². The SMILES string of the molecule is COc1cc2c(cc1OC)N(C(=O)OCC[Si](C)(C)C)[C@@H](O)[C@@H]1CCCN1C2=O. The average molecular weight is 423 g/mol. The summed E-state index contributed by atoms with van der Waals surface area (Å²) >= 11 is 0. The Labute approximate surface area is 172 Å². The van der Waals surface area contributed by atoms with Crippen LogP contribution in [-0.2, 0) is 4.74 Å². The number of aliphatic hydroxyl groups is 1. The van der Waals surface area contributed by atoms with Crippen LogP contribution in [0.5, 0.6) is 11.5 Å². The second-order valence-electron chi connectivity index (χ2n) is 8.64. The highest BCUT2D eigenvalue weighted by Gasteiger charge is 2.45. The molecule has 1 fully saturated rings. The number of carbonyl (C=O) groups is 2. The van der Waals surface area contributed by atoms with E-state index in [0.717, 1.165) is 12.5 Å². The van der Waals surface area contributed by atoms with Gasteiger partial charge < -0.3 is 24.2 Å². The predicted octanol–water partition coefficient (Wildman–Crippen LogP) is 2.92. The highest BCUT2D eigenvalue weighted by atomic mass is 28.3. The number of ether oxygens (including phenoxy) is 3. The summed E-state index contributed by atoms with van der Waals surface area (Å²) in [4.78, 5) is 29.0. The van der Waals surface area contributed by atoms with Crippen molar-refractivity contribution in [1.82, 2.24) is 4.90 Å². The van der Waals surface area contributed by atoms with Crippen LogP contribution in [-0.4, -0.2) is 69.7 Å². The third-order valence-corrected chi connectivity index (χ3v) is 7.14. The van der Waals surface area contributed by atoms with E-state index in [1.165, 1.54) is 19.1 Å². The van der Waals surface area contributed by atoms with Gasteiger partial charge in [0.1, 0.15) is 0 Å². The summed E-state index contributed by atoms with van der Waals surface area (Å²) in [5.74, 6) is 0.520. The summed E-state index contributed by atoms with van der Waals surface area (Å²) in [5.41, 5.74) is 0.556. The fourth-order valence-corrected chi connectivity index (χ4v) is 4.50. The Morgan fingerprint density at radius 3 is 2.48 bits per heavy atom. The molecule has 0 radical (unpaired) electrons. The molecule has 2 atom stereocenters. The third kappa shape index (κ3) is 4.20. The Kier molecular flexibility index (Phi) is 6.09. The van der Waals surface area contributed by atoms with Crippen molar-refractivity contribution in [3.05, 3.63) is 17.7 Å². The van der Waals surface area contributed by atoms with E-state index in [1.54, 1.807) is 17.0 Å². The van der Waals surface area contributed by atoms with Crippen LogP contribution in [0.2, 0.25) is 25.7 Å². The van der Waals surface area contributed by atoms with E-state index in [-0.39, 0.29) is 23.8 Å². The maximum atomic E-state index is 13.2. The Balaban J connectivity index is 2.03. The van der Waals surface area contributed by atoms with Crippen molar-refractivity contribution in [3.63, 3.8) is 0 Å². The first-order chi connectivity index (χ1) is 13.7. The van der Waals surface area contributed by atoms with Crippen LogP contribution >= 0.6 is 0 Å². The van der Waals surface area contributed by atoms with Gasteiger partial charge in [-0.05, 0) is 25.0 Å². The fraction of sp³-hybridized carbons (Fsp3) is 0.600. The van der Waals surface area contributed by atoms with Crippen molar-refractivity contribution in [2.45, 2.75) is 50.8 Å². The summed E-state index contributed by atoms with van der Waals surface area (Å²) in [7, 11) is 1.58. The second kappa shape index (κ2) is 8.23. The zero-order valence-electron chi connectivity index (χ0n) is 17.7. The molecule has 1 aromatic rings. The van der Waals surface area contributed by atoms with Gasteiger partial charge >= 0.3 is 6.09 Å². The summed E-state index contributed by atoms with van der Waals surface area (Å²) in [6.07, 6.45) is -0.464. The normalized spacial score (nSPS) is 21.4. The lowest BCUT2D eigenvalue weighted by atomic mass is 10.1. The molecule has 2 aliphatic heterocycles. The Bertz CT molecular complexity index is 794. The molecule has 0 saturated carbocycles. The van der Waals surface area contributed by atoms with Gasteiger partial charge in [-0.25, -0.2) is 9.69 Å². The number of amides is 2. The molecule has 2 aliphatic rings. The zero-order valence-corrected chi connectivity index (χ0v) is 18.7. The first-order valence-corrected chi connectivity index (χ1v) is 13.6. The lowest BCUT2D eigenvalue weighted by Gasteiger charge is -2.32. The highest BCUT2D eigenvalue weighted by molar-refractivity contribution is 6.76. The van der Waals surface area contributed by atoms with E-state index >= 15 is 0 Å². The predicted molar refractivity (Wildman–Crippen MR) is 112 cm³/mol. The Hall–Kier alpha value is -2.26. The van der Waals surface area contributed by atoms with Crippen LogP contribution in [0.15, 0.2) is 12.1 Å². The zero-order chi connectivity index (χ0) is 21.3. The van der Waals surface area contributed by atoms with Gasteiger partial charge in [0.15, 0.2) is 17.7 Å². The molecule has 1 N–H and O–H groups in total. The van der Waals surface area contributed by atoms with Crippen molar-refractivity contribution >= 4 is 25.8 Å². The number of aliphatic hydroxyl groups excluding tert-OH is 1. The molecule has 2 heterocycles. The van der Waals surface area contributed by atoms with E-state index in [1.807, 2.05) is 0 Å². The number of hydrogen-bond donors (Lipinski definition) is 1. The van der Waals surface area contributed by atoms with Gasteiger partial charge in [0, 0.05) is 20.7 Å². The van der Waals surface area contributed by atoms with Crippen molar-refractivity contribution in [2.75, 3.05) is 32.3 Å². The summed E-state index contributed by atoms with van der Waals surface area (Å²) in [6.45, 7) is 7.41. The first kappa shape index (κ1) is 21.4. The van der Waals surface area contributed by atoms with Gasteiger partial charge in [-0.3, -0.25) is 4.79 Å². The summed E-state index contributed by atoms with van der Waals surface area (Å²) in [6, 6.07) is 3.45. The van der Waals surface area contributed by atoms with Gasteiger partial charge in [-0.15, -0.1) is 0 Å². The van der Waals surface area contributed by atoms with E-state index < -0.39 is 26.4 Å². The third-order valence-electron chi connectivity index (χ3n) is 5.43. The minimum absolute atomic E-state index is 0.236. The molecule has 1 saturated heterocycles. The van der Waals surface area contributed by atoms with Gasteiger partial charge in [0.2, 0.25) is 0 Å². The maximum absolute atomic E-state index is 13.2. The van der Waals surface area contributed by atoms with Crippen LogP contribution in [0.3, 0.4) is 0 Å². The molecule has 29 heavy (non-hydrogen) atoms. The van der Waals surface area contributed by atoms with E-state index in [2.05, 4.69) is 19.6 Å². The number of hydrogen-bond acceptors (Lipinski definition) is 6.